The third-order valence-electron chi connectivity index (χ3n) is 13.0. The number of rotatable bonds is 54. The molecule has 68 heavy (non-hydrogen) atoms. The highest BCUT2D eigenvalue weighted by atomic mass is 31.2. The molecule has 0 bridgehead atoms. The van der Waals surface area contributed by atoms with E-state index >= 15 is 0 Å². The van der Waals surface area contributed by atoms with E-state index in [-0.39, 0.29) is 32.0 Å². The monoisotopic (exact) mass is 982 g/mol. The van der Waals surface area contributed by atoms with Gasteiger partial charge in [0.05, 0.1) is 27.7 Å². The van der Waals surface area contributed by atoms with Crippen molar-refractivity contribution in [1.82, 2.24) is 0 Å². The molecule has 0 aromatic carbocycles. The molecule has 0 rings (SSSR count). The van der Waals surface area contributed by atoms with E-state index in [2.05, 4.69) is 38.2 Å². The number of nitrogens with zero attached hydrogens (tertiary/aromatic N) is 1. The van der Waals surface area contributed by atoms with E-state index in [1.807, 2.05) is 21.1 Å². The molecular weight excluding hydrogens is 870 g/mol. The predicted molar refractivity (Wildman–Crippen MR) is 287 cm³/mol. The molecule has 0 aromatic rings. The van der Waals surface area contributed by atoms with E-state index in [1.54, 1.807) is 0 Å². The standard InChI is InChI=1S/C58H112NO8P/c1-6-8-10-12-14-16-18-20-22-24-26-27-28-29-30-31-33-35-37-39-41-43-45-47-49-51-58(61)67-56(55-66-68(62,63)65-53-52-59(3,4)5)54-64-57(60)50-48-46-44-42-40-38-36-34-32-25-23-21-19-17-15-13-11-9-7-2/h18,20,24,26,56H,6-17,19,21-23,25,27-55H2,1-5H3/b20-18-,26-24-. The van der Waals surface area contributed by atoms with Crippen molar-refractivity contribution in [2.24, 2.45) is 0 Å². The van der Waals surface area contributed by atoms with E-state index in [0.29, 0.717) is 17.4 Å². The first kappa shape index (κ1) is 66.5. The lowest BCUT2D eigenvalue weighted by molar-refractivity contribution is -0.870. The summed E-state index contributed by atoms with van der Waals surface area (Å²) in [4.78, 5) is 37.9. The van der Waals surface area contributed by atoms with Crippen LogP contribution in [0.1, 0.15) is 284 Å². The van der Waals surface area contributed by atoms with Crippen LogP contribution in [0.3, 0.4) is 0 Å². The lowest BCUT2D eigenvalue weighted by atomic mass is 10.0. The Labute approximate surface area is 421 Å². The molecule has 0 radical (unpaired) electrons. The van der Waals surface area contributed by atoms with Crippen LogP contribution < -0.4 is 4.89 Å². The number of allylic oxidation sites excluding steroid dienone is 4. The smallest absolute Gasteiger partial charge is 0.306 e. The van der Waals surface area contributed by atoms with Crippen molar-refractivity contribution in [1.29, 1.82) is 0 Å². The predicted octanol–water partition coefficient (Wildman–Crippen LogP) is 17.2. The Morgan fingerprint density at radius 1 is 0.456 bits per heavy atom. The molecule has 0 spiro atoms. The van der Waals surface area contributed by atoms with Crippen LogP contribution in [0.15, 0.2) is 24.3 Å². The van der Waals surface area contributed by atoms with E-state index < -0.39 is 26.5 Å². The Kier molecular flexibility index (Phi) is 49.3. The van der Waals surface area contributed by atoms with E-state index in [1.165, 1.54) is 205 Å². The maximum Gasteiger partial charge on any atom is 0.306 e. The van der Waals surface area contributed by atoms with E-state index in [9.17, 15) is 19.0 Å². The van der Waals surface area contributed by atoms with Crippen molar-refractivity contribution >= 4 is 19.8 Å². The molecule has 0 aliphatic rings. The molecule has 9 nitrogen and oxygen atoms in total. The van der Waals surface area contributed by atoms with Crippen LogP contribution in [0.25, 0.3) is 0 Å². The Morgan fingerprint density at radius 3 is 1.16 bits per heavy atom. The molecule has 0 N–H and O–H groups in total. The molecule has 10 heteroatoms. The van der Waals surface area contributed by atoms with Crippen LogP contribution in [0.4, 0.5) is 0 Å². The van der Waals surface area contributed by atoms with Crippen LogP contribution in [0.2, 0.25) is 0 Å². The maximum absolute atomic E-state index is 12.8. The SMILES string of the molecule is CCCCCCC/C=C\C/C=C\CCCCCCCCCCCCCCCC(=O)OC(COC(=O)CCCCCCCCCCCCCCCCCCCCC)COP(=O)([O-])OCC[N+](C)(C)C. The summed E-state index contributed by atoms with van der Waals surface area (Å²) in [7, 11) is 1.18. The van der Waals surface area contributed by atoms with Crippen LogP contribution in [0.5, 0.6) is 0 Å². The summed E-state index contributed by atoms with van der Waals surface area (Å²) in [5.41, 5.74) is 0. The zero-order valence-corrected chi connectivity index (χ0v) is 46.5. The van der Waals surface area contributed by atoms with Crippen molar-refractivity contribution in [3.8, 4) is 0 Å². The molecule has 0 amide bonds. The number of phosphoric acid groups is 1. The fourth-order valence-corrected chi connectivity index (χ4v) is 9.18. The van der Waals surface area contributed by atoms with Gasteiger partial charge in [0.2, 0.25) is 0 Å². The van der Waals surface area contributed by atoms with Crippen molar-refractivity contribution < 1.29 is 42.1 Å². The van der Waals surface area contributed by atoms with Crippen molar-refractivity contribution in [3.05, 3.63) is 24.3 Å². The van der Waals surface area contributed by atoms with Gasteiger partial charge in [-0.05, 0) is 44.9 Å². The topological polar surface area (TPSA) is 111 Å². The second kappa shape index (κ2) is 50.4. The first-order chi connectivity index (χ1) is 33.0. The average molecular weight is 983 g/mol. The third-order valence-corrected chi connectivity index (χ3v) is 13.9. The molecule has 0 heterocycles. The number of unbranched alkanes of at least 4 members (excludes halogenated alkanes) is 36. The summed E-state index contributed by atoms with van der Waals surface area (Å²) in [5.74, 6) is -0.818. The lowest BCUT2D eigenvalue weighted by Crippen LogP contribution is -2.37. The van der Waals surface area contributed by atoms with Crippen molar-refractivity contribution in [2.75, 3.05) is 47.5 Å². The second-order valence-corrected chi connectivity index (χ2v) is 22.4. The minimum absolute atomic E-state index is 0.0280. The van der Waals surface area contributed by atoms with E-state index in [4.69, 9.17) is 18.5 Å². The summed E-state index contributed by atoms with van der Waals surface area (Å²) < 4.78 is 34.2. The summed E-state index contributed by atoms with van der Waals surface area (Å²) in [5, 5.41) is 0. The number of ether oxygens (including phenoxy) is 2. The largest absolute Gasteiger partial charge is 0.756 e. The zero-order chi connectivity index (χ0) is 49.9. The second-order valence-electron chi connectivity index (χ2n) is 21.0. The Morgan fingerprint density at radius 2 is 0.794 bits per heavy atom. The summed E-state index contributed by atoms with van der Waals surface area (Å²) >= 11 is 0. The van der Waals surface area contributed by atoms with E-state index in [0.717, 1.165) is 44.9 Å². The molecule has 2 unspecified atom stereocenters. The number of carbonyl (C=O) groups excluding carboxylic acids is 2. The van der Waals surface area contributed by atoms with Crippen LogP contribution in [-0.2, 0) is 32.7 Å². The summed E-state index contributed by atoms with van der Waals surface area (Å²) in [6.07, 6.45) is 59.3. The molecule has 2 atom stereocenters. The minimum Gasteiger partial charge on any atom is -0.756 e. The lowest BCUT2D eigenvalue weighted by Gasteiger charge is -2.28. The van der Waals surface area contributed by atoms with Gasteiger partial charge in [-0.1, -0.05) is 250 Å². The van der Waals surface area contributed by atoms with Gasteiger partial charge < -0.3 is 27.9 Å². The summed E-state index contributed by atoms with van der Waals surface area (Å²) in [6.45, 7) is 4.28. The normalized spacial score (nSPS) is 13.4. The fourth-order valence-electron chi connectivity index (χ4n) is 8.45. The minimum atomic E-state index is -4.63. The number of hydrogen-bond acceptors (Lipinski definition) is 8. The van der Waals surface area contributed by atoms with Gasteiger partial charge in [-0.25, -0.2) is 0 Å². The molecule has 0 fully saturated rings. The average Bonchev–Trinajstić information content (AvgIpc) is 3.30. The highest BCUT2D eigenvalue weighted by Crippen LogP contribution is 2.38. The number of phosphoric ester groups is 1. The van der Waals surface area contributed by atoms with Gasteiger partial charge in [-0.2, -0.15) is 0 Å². The van der Waals surface area contributed by atoms with Gasteiger partial charge in [0.15, 0.2) is 6.10 Å². The highest BCUT2D eigenvalue weighted by Gasteiger charge is 2.22. The first-order valence-corrected chi connectivity index (χ1v) is 30.5. The quantitative estimate of drug-likeness (QED) is 0.0195. The molecule has 0 aliphatic heterocycles. The van der Waals surface area contributed by atoms with Crippen LogP contribution >= 0.6 is 7.82 Å². The van der Waals surface area contributed by atoms with Gasteiger partial charge in [0, 0.05) is 12.8 Å². The van der Waals surface area contributed by atoms with Gasteiger partial charge >= 0.3 is 11.9 Å². The Hall–Kier alpha value is -1.51. The Balaban J connectivity index is 4.13. The van der Waals surface area contributed by atoms with Crippen molar-refractivity contribution in [3.63, 3.8) is 0 Å². The zero-order valence-electron chi connectivity index (χ0n) is 45.6. The fraction of sp³-hybridized carbons (Fsp3) is 0.897. The van der Waals surface area contributed by atoms with Gasteiger partial charge in [0.1, 0.15) is 19.8 Å². The first-order valence-electron chi connectivity index (χ1n) is 29.0. The number of esters is 2. The summed E-state index contributed by atoms with van der Waals surface area (Å²) in [6, 6.07) is 0. The van der Waals surface area contributed by atoms with Crippen LogP contribution in [-0.4, -0.2) is 70.0 Å². The van der Waals surface area contributed by atoms with Gasteiger partial charge in [-0.3, -0.25) is 14.2 Å². The van der Waals surface area contributed by atoms with Crippen molar-refractivity contribution in [2.45, 2.75) is 290 Å². The molecular formula is C58H112NO8P. The third kappa shape index (κ3) is 53.8. The maximum atomic E-state index is 12.8. The molecule has 0 saturated carbocycles. The van der Waals surface area contributed by atoms with Gasteiger partial charge in [0.25, 0.3) is 7.82 Å². The molecule has 0 aromatic heterocycles. The number of hydrogen-bond donors (Lipinski definition) is 0. The molecule has 402 valence electrons. The Bertz CT molecular complexity index is 1200. The molecule has 0 saturated heterocycles. The van der Waals surface area contributed by atoms with Gasteiger partial charge in [-0.15, -0.1) is 0 Å². The number of carbonyl (C=O) groups is 2. The number of quaternary nitrogens is 1. The number of likely N-dealkylation sites (N-methyl/N-ethyl adjacent to an activating group) is 1. The molecule has 0 aliphatic carbocycles. The highest BCUT2D eigenvalue weighted by molar-refractivity contribution is 7.45. The van der Waals surface area contributed by atoms with Crippen LogP contribution in [0, 0.1) is 0 Å².